The molecule has 5 rings (SSSR count). The third kappa shape index (κ3) is 6.11. The van der Waals surface area contributed by atoms with Gasteiger partial charge in [-0.15, -0.1) is 0 Å². The van der Waals surface area contributed by atoms with Gasteiger partial charge in [-0.3, -0.25) is 9.59 Å². The van der Waals surface area contributed by atoms with Crippen LogP contribution < -0.4 is 10.6 Å². The van der Waals surface area contributed by atoms with Gasteiger partial charge in [0.2, 0.25) is 15.9 Å². The second kappa shape index (κ2) is 11.5. The molecule has 2 N–H and O–H groups in total. The molecule has 3 atom stereocenters. The second-order valence-corrected chi connectivity index (χ2v) is 11.7. The van der Waals surface area contributed by atoms with Gasteiger partial charge in [-0.2, -0.15) is 4.31 Å². The minimum atomic E-state index is -3.73. The van der Waals surface area contributed by atoms with Gasteiger partial charge in [0.25, 0.3) is 5.91 Å². The third-order valence-electron chi connectivity index (χ3n) is 7.21. The SMILES string of the molecule is C=CC(=O)NC1CC2CN(S(=O)(=O)c3ccc(C(=O)NCCc4ccc(-c5ccccc5)cc4)cc3)CC2O1. The first-order valence-corrected chi connectivity index (χ1v) is 14.4. The molecule has 0 aliphatic carbocycles. The molecule has 2 aliphatic rings. The summed E-state index contributed by atoms with van der Waals surface area (Å²) in [5.41, 5.74) is 3.82. The number of carbonyl (C=O) groups is 2. The van der Waals surface area contributed by atoms with Crippen LogP contribution >= 0.6 is 0 Å². The maximum atomic E-state index is 13.2. The lowest BCUT2D eigenvalue weighted by atomic mass is 10.0. The lowest BCUT2D eigenvalue weighted by molar-refractivity contribution is -0.120. The van der Waals surface area contributed by atoms with Gasteiger partial charge in [0, 0.05) is 31.1 Å². The van der Waals surface area contributed by atoms with Crippen LogP contribution in [0.4, 0.5) is 0 Å². The number of hydrogen-bond donors (Lipinski definition) is 2. The molecule has 2 saturated heterocycles. The van der Waals surface area contributed by atoms with Crippen LogP contribution in [-0.4, -0.2) is 56.5 Å². The van der Waals surface area contributed by atoms with E-state index in [0.29, 0.717) is 31.5 Å². The van der Waals surface area contributed by atoms with Gasteiger partial charge in [0.05, 0.1) is 11.0 Å². The number of fused-ring (bicyclic) bond motifs is 1. The molecule has 0 radical (unpaired) electrons. The van der Waals surface area contributed by atoms with E-state index < -0.39 is 16.3 Å². The summed E-state index contributed by atoms with van der Waals surface area (Å²) in [4.78, 5) is 24.3. The molecule has 2 fully saturated rings. The van der Waals surface area contributed by atoms with Crippen LogP contribution in [0.15, 0.2) is 96.4 Å². The molecule has 9 heteroatoms. The van der Waals surface area contributed by atoms with Crippen LogP contribution in [-0.2, 0) is 26.0 Å². The normalized spacial score (nSPS) is 20.8. The Hall–Kier alpha value is -3.79. The number of hydrogen-bond acceptors (Lipinski definition) is 5. The first kappa shape index (κ1) is 26.8. The summed E-state index contributed by atoms with van der Waals surface area (Å²) >= 11 is 0. The van der Waals surface area contributed by atoms with E-state index in [1.807, 2.05) is 18.2 Å². The highest BCUT2D eigenvalue weighted by Gasteiger charge is 2.46. The molecule has 0 spiro atoms. The van der Waals surface area contributed by atoms with E-state index in [4.69, 9.17) is 4.74 Å². The van der Waals surface area contributed by atoms with E-state index in [0.717, 1.165) is 16.7 Å². The highest BCUT2D eigenvalue weighted by Crippen LogP contribution is 2.35. The fourth-order valence-electron chi connectivity index (χ4n) is 5.08. The summed E-state index contributed by atoms with van der Waals surface area (Å²) < 4.78 is 33.6. The van der Waals surface area contributed by atoms with Crippen molar-refractivity contribution in [1.29, 1.82) is 0 Å². The van der Waals surface area contributed by atoms with Crippen LogP contribution in [0.5, 0.6) is 0 Å². The van der Waals surface area contributed by atoms with Gasteiger partial charge in [-0.1, -0.05) is 61.2 Å². The van der Waals surface area contributed by atoms with E-state index >= 15 is 0 Å². The van der Waals surface area contributed by atoms with Crippen LogP contribution in [0.3, 0.4) is 0 Å². The summed E-state index contributed by atoms with van der Waals surface area (Å²) in [6, 6.07) is 24.4. The van der Waals surface area contributed by atoms with E-state index in [9.17, 15) is 18.0 Å². The largest absolute Gasteiger partial charge is 0.354 e. The Balaban J connectivity index is 1.11. The summed E-state index contributed by atoms with van der Waals surface area (Å²) in [6.07, 6.45) is 1.72. The smallest absolute Gasteiger partial charge is 0.251 e. The number of ether oxygens (including phenoxy) is 1. The van der Waals surface area contributed by atoms with Crippen molar-refractivity contribution in [1.82, 2.24) is 14.9 Å². The van der Waals surface area contributed by atoms with Gasteiger partial charge in [-0.05, 0) is 59.9 Å². The zero-order valence-corrected chi connectivity index (χ0v) is 22.3. The zero-order chi connectivity index (χ0) is 27.4. The number of sulfonamides is 1. The predicted octanol–water partition coefficient (Wildman–Crippen LogP) is 3.36. The lowest BCUT2D eigenvalue weighted by Crippen LogP contribution is -2.37. The van der Waals surface area contributed by atoms with Crippen molar-refractivity contribution < 1.29 is 22.7 Å². The van der Waals surface area contributed by atoms with Gasteiger partial charge in [0.15, 0.2) is 0 Å². The minimum absolute atomic E-state index is 0.00878. The molecule has 0 bridgehead atoms. The van der Waals surface area contributed by atoms with Crippen molar-refractivity contribution in [3.8, 4) is 11.1 Å². The van der Waals surface area contributed by atoms with Crippen molar-refractivity contribution in [2.75, 3.05) is 19.6 Å². The molecule has 3 aromatic carbocycles. The van der Waals surface area contributed by atoms with Gasteiger partial charge < -0.3 is 15.4 Å². The number of benzene rings is 3. The Labute approximate surface area is 228 Å². The van der Waals surface area contributed by atoms with Crippen LogP contribution in [0.2, 0.25) is 0 Å². The van der Waals surface area contributed by atoms with E-state index in [-0.39, 0.29) is 35.3 Å². The monoisotopic (exact) mass is 545 g/mol. The van der Waals surface area contributed by atoms with E-state index in [1.54, 1.807) is 0 Å². The van der Waals surface area contributed by atoms with Gasteiger partial charge in [-0.25, -0.2) is 8.42 Å². The number of carbonyl (C=O) groups excluding carboxylic acids is 2. The van der Waals surface area contributed by atoms with Crippen LogP contribution in [0.25, 0.3) is 11.1 Å². The molecule has 2 heterocycles. The molecule has 0 aromatic heterocycles. The highest BCUT2D eigenvalue weighted by atomic mass is 32.2. The zero-order valence-electron chi connectivity index (χ0n) is 21.5. The lowest BCUT2D eigenvalue weighted by Gasteiger charge is -2.19. The van der Waals surface area contributed by atoms with Crippen molar-refractivity contribution in [3.63, 3.8) is 0 Å². The molecule has 3 aromatic rings. The Morgan fingerprint density at radius 2 is 1.64 bits per heavy atom. The third-order valence-corrected chi connectivity index (χ3v) is 9.05. The van der Waals surface area contributed by atoms with Gasteiger partial charge in [0.1, 0.15) is 6.23 Å². The molecule has 0 saturated carbocycles. The van der Waals surface area contributed by atoms with Crippen molar-refractivity contribution >= 4 is 21.8 Å². The number of nitrogens with one attached hydrogen (secondary N) is 2. The maximum Gasteiger partial charge on any atom is 0.251 e. The molecule has 39 heavy (non-hydrogen) atoms. The standard InChI is InChI=1S/C30H31N3O5S/c1-2-28(34)32-29-18-25-19-33(20-27(25)38-29)39(36,37)26-14-12-24(13-15-26)30(35)31-17-16-21-8-10-23(11-9-21)22-6-4-3-5-7-22/h2-15,25,27,29H,1,16-20H2,(H,31,35)(H,32,34). The number of amides is 2. The Bertz CT molecular complexity index is 1430. The fourth-order valence-corrected chi connectivity index (χ4v) is 6.59. The number of rotatable bonds is 9. The molecule has 202 valence electrons. The molecule has 2 aliphatic heterocycles. The second-order valence-electron chi connectivity index (χ2n) is 9.79. The van der Waals surface area contributed by atoms with Crippen molar-refractivity contribution in [2.24, 2.45) is 5.92 Å². The molecule has 3 unspecified atom stereocenters. The van der Waals surface area contributed by atoms with Gasteiger partial charge >= 0.3 is 0 Å². The first-order chi connectivity index (χ1) is 18.8. The van der Waals surface area contributed by atoms with Crippen LogP contribution in [0.1, 0.15) is 22.3 Å². The Morgan fingerprint density at radius 1 is 0.949 bits per heavy atom. The predicted molar refractivity (Wildman–Crippen MR) is 148 cm³/mol. The molecule has 2 amide bonds. The quantitative estimate of drug-likeness (QED) is 0.401. The average Bonchev–Trinajstić information content (AvgIpc) is 3.53. The summed E-state index contributed by atoms with van der Waals surface area (Å²) in [5.74, 6) is -0.558. The van der Waals surface area contributed by atoms with Crippen molar-refractivity contribution in [3.05, 3.63) is 103 Å². The Kier molecular flexibility index (Phi) is 7.92. The number of nitrogens with zero attached hydrogens (tertiary/aromatic N) is 1. The highest BCUT2D eigenvalue weighted by molar-refractivity contribution is 7.89. The molecular weight excluding hydrogens is 514 g/mol. The minimum Gasteiger partial charge on any atom is -0.354 e. The van der Waals surface area contributed by atoms with E-state index in [2.05, 4.69) is 53.6 Å². The molecular formula is C30H31N3O5S. The fraction of sp³-hybridized carbons (Fsp3) is 0.267. The van der Waals surface area contributed by atoms with E-state index in [1.165, 1.54) is 34.6 Å². The summed E-state index contributed by atoms with van der Waals surface area (Å²) in [6.45, 7) is 4.44. The summed E-state index contributed by atoms with van der Waals surface area (Å²) in [7, 11) is -3.73. The Morgan fingerprint density at radius 3 is 2.31 bits per heavy atom. The van der Waals surface area contributed by atoms with Crippen LogP contribution in [0, 0.1) is 5.92 Å². The molecule has 8 nitrogen and oxygen atoms in total. The topological polar surface area (TPSA) is 105 Å². The summed E-state index contributed by atoms with van der Waals surface area (Å²) in [5, 5.41) is 5.61. The maximum absolute atomic E-state index is 13.2. The first-order valence-electron chi connectivity index (χ1n) is 12.9. The van der Waals surface area contributed by atoms with Crippen molar-refractivity contribution in [2.45, 2.75) is 30.1 Å². The average molecular weight is 546 g/mol.